The second kappa shape index (κ2) is 30.6. The summed E-state index contributed by atoms with van der Waals surface area (Å²) in [6.07, 6.45) is 11.2. The first-order valence-corrected chi connectivity index (χ1v) is 39.1. The van der Waals surface area contributed by atoms with Crippen LogP contribution in [0, 0.1) is 12.7 Å². The van der Waals surface area contributed by atoms with Gasteiger partial charge in [-0.2, -0.15) is 5.10 Å². The SMILES string of the molecule is CC(C)(C)c1ncc2cc(F)cc(C(C)(C)C)c2n1.CC(C)(C)c1ncc2cccc(C(C)(C)C)c2n1.CC(C)(C)c1ncc2nnn(C(C)(C)C)c2n1.CC(C)(C)c1ncc2scc(C(C)(C)C)c2n1.Cc1sc2cnc(C(C)(C)C)nc2c1C(C)(C)C.Cn1nc(C(C)(C)C)c2nc(C(C)(C)C)ncc21. The summed E-state index contributed by atoms with van der Waals surface area (Å²) in [6.45, 7) is 79.5. The van der Waals surface area contributed by atoms with Crippen molar-refractivity contribution in [1.82, 2.24) is 84.6 Å². The predicted octanol–water partition coefficient (Wildman–Crippen LogP) is 22.7. The summed E-state index contributed by atoms with van der Waals surface area (Å²) in [6, 6.07) is 9.42. The van der Waals surface area contributed by atoms with Crippen LogP contribution < -0.4 is 0 Å². The smallest absolute Gasteiger partial charge is 0.182 e. The molecule has 0 aliphatic carbocycles. The van der Waals surface area contributed by atoms with Crippen molar-refractivity contribution in [3.63, 3.8) is 0 Å². The van der Waals surface area contributed by atoms with E-state index in [1.165, 1.54) is 37.0 Å². The minimum Gasteiger partial charge on any atom is -0.264 e. The molecule has 17 nitrogen and oxygen atoms in total. The Balaban J connectivity index is 0.000000179. The van der Waals surface area contributed by atoms with E-state index < -0.39 is 0 Å². The summed E-state index contributed by atoms with van der Waals surface area (Å²) in [5.74, 6) is 5.01. The van der Waals surface area contributed by atoms with Gasteiger partial charge in [0, 0.05) is 85.4 Å². The van der Waals surface area contributed by atoms with Crippen LogP contribution in [0.3, 0.4) is 0 Å². The van der Waals surface area contributed by atoms with Crippen LogP contribution in [-0.4, -0.2) is 84.6 Å². The Bertz CT molecular complexity index is 4980. The van der Waals surface area contributed by atoms with E-state index in [-0.39, 0.29) is 70.9 Å². The quantitative estimate of drug-likeness (QED) is 0.139. The van der Waals surface area contributed by atoms with E-state index in [0.717, 1.165) is 101 Å². The molecule has 0 N–H and O–H groups in total. The first-order chi connectivity index (χ1) is 48.4. The number of hydrogen-bond donors (Lipinski definition) is 0. The van der Waals surface area contributed by atoms with Crippen LogP contribution >= 0.6 is 22.7 Å². The maximum absolute atomic E-state index is 13.7. The molecule has 0 saturated heterocycles. The lowest BCUT2D eigenvalue weighted by Gasteiger charge is -2.22. The Morgan fingerprint density at radius 3 is 1.24 bits per heavy atom. The number of halogens is 1. The van der Waals surface area contributed by atoms with Crippen molar-refractivity contribution in [2.45, 2.75) is 321 Å². The molecular weight excluding hydrogens is 1370 g/mol. The van der Waals surface area contributed by atoms with E-state index in [1.807, 2.05) is 41.2 Å². The molecule has 0 unspecified atom stereocenters. The van der Waals surface area contributed by atoms with E-state index in [2.05, 4.69) is 335 Å². The highest BCUT2D eigenvalue weighted by atomic mass is 32.1. The Hall–Kier alpha value is -7.84. The Kier molecular flexibility index (Phi) is 24.7. The van der Waals surface area contributed by atoms with Gasteiger partial charge < -0.3 is 0 Å². The Morgan fingerprint density at radius 2 is 0.785 bits per heavy atom. The van der Waals surface area contributed by atoms with Crippen molar-refractivity contribution in [2.24, 2.45) is 7.05 Å². The number of aromatic nitrogens is 17. The summed E-state index contributed by atoms with van der Waals surface area (Å²) < 4.78 is 19.8. The zero-order valence-electron chi connectivity index (χ0n) is 72.2. The molecule has 0 amide bonds. The van der Waals surface area contributed by atoms with Gasteiger partial charge in [0.2, 0.25) is 0 Å². The molecule has 10 aromatic heterocycles. The van der Waals surface area contributed by atoms with Gasteiger partial charge in [-0.25, -0.2) is 68.9 Å². The third kappa shape index (κ3) is 21.4. The molecule has 0 spiro atoms. The number of aryl methyl sites for hydroxylation is 2. The summed E-state index contributed by atoms with van der Waals surface area (Å²) >= 11 is 3.54. The highest BCUT2D eigenvalue weighted by Crippen LogP contribution is 2.40. The lowest BCUT2D eigenvalue weighted by Crippen LogP contribution is -2.24. The van der Waals surface area contributed by atoms with E-state index in [9.17, 15) is 4.39 Å². The summed E-state index contributed by atoms with van der Waals surface area (Å²) in [5.41, 5.74) is 13.5. The molecule has 0 aliphatic heterocycles. The van der Waals surface area contributed by atoms with Crippen molar-refractivity contribution < 1.29 is 4.39 Å². The van der Waals surface area contributed by atoms with Crippen molar-refractivity contribution in [1.29, 1.82) is 0 Å². The van der Waals surface area contributed by atoms with E-state index in [4.69, 9.17) is 19.9 Å². The Labute approximate surface area is 647 Å². The van der Waals surface area contributed by atoms with Gasteiger partial charge in [-0.15, -0.1) is 27.8 Å². The fraction of sp³-hybridized carbons (Fsp3) is 0.575. The second-order valence-corrected chi connectivity index (χ2v) is 42.9. The van der Waals surface area contributed by atoms with E-state index >= 15 is 0 Å². The number of thiophene rings is 2. The van der Waals surface area contributed by atoms with Crippen molar-refractivity contribution >= 4 is 87.1 Å². The average molecular weight is 1490 g/mol. The molecule has 0 saturated carbocycles. The lowest BCUT2D eigenvalue weighted by atomic mass is 9.85. The molecule has 0 aliphatic rings. The summed E-state index contributed by atoms with van der Waals surface area (Å²) in [4.78, 5) is 56.4. The molecule has 12 aromatic rings. The van der Waals surface area contributed by atoms with Gasteiger partial charge in [-0.1, -0.05) is 252 Å². The van der Waals surface area contributed by atoms with Crippen molar-refractivity contribution in [3.05, 3.63) is 146 Å². The van der Waals surface area contributed by atoms with Crippen LogP contribution in [0.2, 0.25) is 0 Å². The average Bonchev–Trinajstić information content (AvgIpc) is 1.83. The number of para-hydroxylation sites is 1. The van der Waals surface area contributed by atoms with Crippen LogP contribution in [0.15, 0.2) is 72.9 Å². The fourth-order valence-corrected chi connectivity index (χ4v) is 13.8. The largest absolute Gasteiger partial charge is 0.264 e. The maximum Gasteiger partial charge on any atom is 0.182 e. The molecule has 0 atom stereocenters. The topological polar surface area (TPSA) is 203 Å². The number of fused-ring (bicyclic) bond motifs is 6. The molecule has 12 rings (SSSR count). The molecular formula is C87H126FN17S2. The molecule has 20 heteroatoms. The number of benzene rings is 2. The van der Waals surface area contributed by atoms with Gasteiger partial charge in [-0.05, 0) is 89.1 Å². The maximum atomic E-state index is 13.7. The molecule has 10 heterocycles. The minimum atomic E-state index is -0.232. The van der Waals surface area contributed by atoms with E-state index in [0.29, 0.717) is 0 Å². The van der Waals surface area contributed by atoms with Gasteiger partial charge in [-0.3, -0.25) is 4.68 Å². The molecule has 0 radical (unpaired) electrons. The van der Waals surface area contributed by atoms with Gasteiger partial charge >= 0.3 is 0 Å². The second-order valence-electron chi connectivity index (χ2n) is 40.7. The third-order valence-corrected chi connectivity index (χ3v) is 19.4. The number of nitrogens with zero attached hydrogens (tertiary/aromatic N) is 17. The van der Waals surface area contributed by atoms with Crippen LogP contribution in [0.4, 0.5) is 4.39 Å². The summed E-state index contributed by atoms with van der Waals surface area (Å²) in [7, 11) is 1.94. The van der Waals surface area contributed by atoms with Crippen LogP contribution in [0.1, 0.15) is 317 Å². The zero-order valence-corrected chi connectivity index (χ0v) is 73.9. The molecule has 107 heavy (non-hydrogen) atoms. The predicted molar refractivity (Wildman–Crippen MR) is 449 cm³/mol. The summed E-state index contributed by atoms with van der Waals surface area (Å²) in [5, 5.41) is 16.9. The zero-order chi connectivity index (χ0) is 81.1. The van der Waals surface area contributed by atoms with E-state index in [1.54, 1.807) is 41.1 Å². The van der Waals surface area contributed by atoms with Gasteiger partial charge in [0.1, 0.15) is 51.8 Å². The Morgan fingerprint density at radius 1 is 0.374 bits per heavy atom. The van der Waals surface area contributed by atoms with Crippen molar-refractivity contribution in [3.8, 4) is 0 Å². The molecule has 2 aromatic carbocycles. The van der Waals surface area contributed by atoms with Crippen LogP contribution in [0.25, 0.3) is 64.4 Å². The van der Waals surface area contributed by atoms with Gasteiger partial charge in [0.05, 0.1) is 55.1 Å². The van der Waals surface area contributed by atoms with Gasteiger partial charge in [0.25, 0.3) is 0 Å². The minimum absolute atomic E-state index is 0.000808. The first-order valence-electron chi connectivity index (χ1n) is 37.4. The fourth-order valence-electron chi connectivity index (χ4n) is 11.5. The van der Waals surface area contributed by atoms with Gasteiger partial charge in [0.15, 0.2) is 11.2 Å². The van der Waals surface area contributed by atoms with Crippen LogP contribution in [0.5, 0.6) is 0 Å². The highest BCUT2D eigenvalue weighted by Gasteiger charge is 2.31. The number of hydrogen-bond acceptors (Lipinski definition) is 17. The lowest BCUT2D eigenvalue weighted by molar-refractivity contribution is 0.355. The molecule has 578 valence electrons. The standard InChI is InChI=1S/C16H21FN2.C16H22N2.C15H22N2S.C14H22N4.C14H20N2S.C12H19N5/c1-15(2,3)12-8-11(17)7-10-9-18-14(16(4,5)6)19-13(10)12;1-15(2,3)12-9-7-8-11-10-17-14(16(4,5)6)18-13(11)12;1-9-11(14(2,3)4)12-10(18-9)8-16-13(17-12)15(5,6)7;1-13(2,3)11-10-9(18(7)17-11)8-15-12(16-10)14(4,5)6;1-13(2,3)9-8-17-10-7-15-12(14(4,5)6)16-11(9)10;1-11(2,3)10-13-7-8-9(14-10)17(16-15-8)12(4,5)6/h7-9H,1-6H3;7-10H,1-6H3;2*8H,1-7H3;7-8H,1-6H3;7H,1-6H3. The monoisotopic (exact) mass is 1490 g/mol. The van der Waals surface area contributed by atoms with Crippen LogP contribution in [-0.2, 0) is 72.2 Å². The molecule has 0 bridgehead atoms. The van der Waals surface area contributed by atoms with Crippen molar-refractivity contribution in [2.75, 3.05) is 0 Å². The first kappa shape index (κ1) is 86.4. The highest BCUT2D eigenvalue weighted by molar-refractivity contribution is 7.19. The molecule has 0 fully saturated rings. The normalized spacial score (nSPS) is 13.2. The third-order valence-electron chi connectivity index (χ3n) is 17.5. The number of rotatable bonds is 0.